The molecular weight excluding hydrogens is 226 g/mol. The summed E-state index contributed by atoms with van der Waals surface area (Å²) in [6.07, 6.45) is 3.57. The largest absolute Gasteiger partial charge is 0.383 e. The van der Waals surface area contributed by atoms with Gasteiger partial charge in [0.2, 0.25) is 0 Å². The molecule has 0 radical (unpaired) electrons. The number of aromatic nitrogens is 1. The van der Waals surface area contributed by atoms with Gasteiger partial charge < -0.3 is 15.8 Å². The smallest absolute Gasteiger partial charge is 0.128 e. The van der Waals surface area contributed by atoms with Gasteiger partial charge in [0.05, 0.1) is 11.6 Å². The molecule has 4 nitrogen and oxygen atoms in total. The third-order valence-corrected chi connectivity index (χ3v) is 3.63. The zero-order valence-corrected chi connectivity index (χ0v) is 11.9. The summed E-state index contributed by atoms with van der Waals surface area (Å²) >= 11 is 0. The highest BCUT2D eigenvalue weighted by Gasteiger charge is 2.37. The highest BCUT2D eigenvalue weighted by atomic mass is 16.5. The predicted molar refractivity (Wildman–Crippen MR) is 75.4 cm³/mol. The van der Waals surface area contributed by atoms with Crippen molar-refractivity contribution < 1.29 is 4.74 Å². The van der Waals surface area contributed by atoms with Gasteiger partial charge in [0.1, 0.15) is 5.82 Å². The number of nitrogen functional groups attached to an aromatic ring is 1. The van der Waals surface area contributed by atoms with Gasteiger partial charge in [-0.3, -0.25) is 0 Å². The van der Waals surface area contributed by atoms with Crippen molar-refractivity contribution in [1.29, 1.82) is 0 Å². The number of pyridine rings is 1. The number of nitrogens with two attached hydrogens (primary N) is 1. The summed E-state index contributed by atoms with van der Waals surface area (Å²) in [4.78, 5) is 4.17. The van der Waals surface area contributed by atoms with E-state index in [-0.39, 0.29) is 11.6 Å². The molecule has 0 saturated heterocycles. The summed E-state index contributed by atoms with van der Waals surface area (Å²) in [5.74, 6) is 0.572. The van der Waals surface area contributed by atoms with Crippen LogP contribution in [0.15, 0.2) is 18.3 Å². The van der Waals surface area contributed by atoms with E-state index >= 15 is 0 Å². The van der Waals surface area contributed by atoms with Crippen LogP contribution < -0.4 is 11.1 Å². The van der Waals surface area contributed by atoms with Crippen LogP contribution in [0.3, 0.4) is 0 Å². The van der Waals surface area contributed by atoms with Gasteiger partial charge in [-0.25, -0.2) is 4.98 Å². The van der Waals surface area contributed by atoms with Crippen LogP contribution >= 0.6 is 0 Å². The Morgan fingerprint density at radius 2 is 2.06 bits per heavy atom. The molecule has 1 aromatic heterocycles. The number of rotatable bonds is 7. The molecule has 18 heavy (non-hydrogen) atoms. The van der Waals surface area contributed by atoms with Crippen LogP contribution in [0.4, 0.5) is 5.82 Å². The van der Waals surface area contributed by atoms with Crippen LogP contribution in [0.2, 0.25) is 0 Å². The van der Waals surface area contributed by atoms with Gasteiger partial charge in [-0.1, -0.05) is 19.9 Å². The third-order valence-electron chi connectivity index (χ3n) is 3.63. The maximum Gasteiger partial charge on any atom is 0.128 e. The van der Waals surface area contributed by atoms with E-state index in [1.807, 2.05) is 26.1 Å². The Kier molecular flexibility index (Phi) is 5.56. The number of hydrogen-bond donors (Lipinski definition) is 2. The predicted octanol–water partition coefficient (Wildman–Crippen LogP) is 2.52. The van der Waals surface area contributed by atoms with E-state index in [4.69, 9.17) is 10.5 Å². The Hall–Kier alpha value is -1.13. The van der Waals surface area contributed by atoms with E-state index in [9.17, 15) is 0 Å². The van der Waals surface area contributed by atoms with E-state index in [1.54, 1.807) is 6.20 Å². The molecule has 0 amide bonds. The van der Waals surface area contributed by atoms with Crippen molar-refractivity contribution in [1.82, 2.24) is 10.3 Å². The molecule has 0 aliphatic rings. The average molecular weight is 251 g/mol. The summed E-state index contributed by atoms with van der Waals surface area (Å²) in [6.45, 7) is 7.02. The highest BCUT2D eigenvalue weighted by molar-refractivity contribution is 5.42. The van der Waals surface area contributed by atoms with Crippen LogP contribution in [0.1, 0.15) is 45.2 Å². The van der Waals surface area contributed by atoms with Crippen molar-refractivity contribution in [2.45, 2.75) is 45.3 Å². The van der Waals surface area contributed by atoms with Crippen LogP contribution in [0, 0.1) is 0 Å². The van der Waals surface area contributed by atoms with E-state index < -0.39 is 0 Å². The lowest BCUT2D eigenvalue weighted by molar-refractivity contribution is -0.0716. The van der Waals surface area contributed by atoms with Crippen molar-refractivity contribution in [2.24, 2.45) is 0 Å². The zero-order valence-electron chi connectivity index (χ0n) is 11.9. The lowest BCUT2D eigenvalue weighted by atomic mass is 9.84. The van der Waals surface area contributed by atoms with Crippen LogP contribution in [-0.2, 0) is 4.74 Å². The van der Waals surface area contributed by atoms with Crippen LogP contribution in [0.25, 0.3) is 0 Å². The fraction of sp³-hybridized carbons (Fsp3) is 0.643. The Bertz CT molecular complexity index is 364. The Labute approximate surface area is 110 Å². The lowest BCUT2D eigenvalue weighted by Gasteiger charge is -2.39. The van der Waals surface area contributed by atoms with E-state index in [1.165, 1.54) is 0 Å². The van der Waals surface area contributed by atoms with Crippen molar-refractivity contribution in [3.63, 3.8) is 0 Å². The quantitative estimate of drug-likeness (QED) is 0.781. The van der Waals surface area contributed by atoms with Crippen LogP contribution in [0.5, 0.6) is 0 Å². The molecule has 1 rings (SSSR count). The van der Waals surface area contributed by atoms with Gasteiger partial charge in [-0.2, -0.15) is 0 Å². The third kappa shape index (κ3) is 2.82. The van der Waals surface area contributed by atoms with Crippen LogP contribution in [-0.4, -0.2) is 24.2 Å². The first-order chi connectivity index (χ1) is 8.65. The van der Waals surface area contributed by atoms with Gasteiger partial charge in [0.15, 0.2) is 0 Å². The van der Waals surface area contributed by atoms with E-state index in [0.29, 0.717) is 12.4 Å². The molecule has 0 fully saturated rings. The minimum Gasteiger partial charge on any atom is -0.383 e. The molecule has 1 aromatic rings. The first kappa shape index (κ1) is 14.9. The average Bonchev–Trinajstić information content (AvgIpc) is 2.40. The number of anilines is 1. The first-order valence-electron chi connectivity index (χ1n) is 6.66. The van der Waals surface area contributed by atoms with Gasteiger partial charge in [0.25, 0.3) is 0 Å². The van der Waals surface area contributed by atoms with Crippen molar-refractivity contribution in [3.05, 3.63) is 23.9 Å². The number of nitrogens with one attached hydrogen (secondary N) is 1. The molecule has 0 aliphatic heterocycles. The molecule has 0 spiro atoms. The molecule has 0 aliphatic carbocycles. The Morgan fingerprint density at radius 3 is 2.50 bits per heavy atom. The molecule has 0 saturated carbocycles. The normalized spacial score (nSPS) is 13.6. The standard InChI is InChI=1S/C14H25N3O/c1-5-14(6-2,18-7-3)12(16-4)11-9-8-10-17-13(11)15/h8-10,12,16H,5-7H2,1-4H3,(H2,15,17). The second-order valence-corrected chi connectivity index (χ2v) is 4.40. The minimum atomic E-state index is -0.235. The fourth-order valence-electron chi connectivity index (χ4n) is 2.61. The van der Waals surface area contributed by atoms with Crippen molar-refractivity contribution in [3.8, 4) is 0 Å². The van der Waals surface area contributed by atoms with E-state index in [2.05, 4.69) is 24.1 Å². The first-order valence-corrected chi connectivity index (χ1v) is 6.66. The van der Waals surface area contributed by atoms with Crippen molar-refractivity contribution >= 4 is 5.82 Å². The molecule has 0 aromatic carbocycles. The summed E-state index contributed by atoms with van der Waals surface area (Å²) in [5.41, 5.74) is 6.77. The molecule has 3 N–H and O–H groups in total. The topological polar surface area (TPSA) is 60.2 Å². The molecule has 1 heterocycles. The lowest BCUT2D eigenvalue weighted by Crippen LogP contribution is -2.44. The molecule has 1 unspecified atom stereocenters. The van der Waals surface area contributed by atoms with Gasteiger partial charge >= 0.3 is 0 Å². The number of hydrogen-bond acceptors (Lipinski definition) is 4. The van der Waals surface area contributed by atoms with E-state index in [0.717, 1.165) is 18.4 Å². The highest BCUT2D eigenvalue weighted by Crippen LogP contribution is 2.36. The zero-order chi connectivity index (χ0) is 13.6. The molecule has 1 atom stereocenters. The fourth-order valence-corrected chi connectivity index (χ4v) is 2.61. The maximum atomic E-state index is 6.04. The Morgan fingerprint density at radius 1 is 1.39 bits per heavy atom. The maximum absolute atomic E-state index is 6.04. The second-order valence-electron chi connectivity index (χ2n) is 4.40. The monoisotopic (exact) mass is 251 g/mol. The van der Waals surface area contributed by atoms with Crippen molar-refractivity contribution in [2.75, 3.05) is 19.4 Å². The summed E-state index contributed by atoms with van der Waals surface area (Å²) in [7, 11) is 1.94. The summed E-state index contributed by atoms with van der Waals surface area (Å²) in [5, 5.41) is 3.34. The van der Waals surface area contributed by atoms with Gasteiger partial charge in [-0.05, 0) is 32.9 Å². The summed E-state index contributed by atoms with van der Waals surface area (Å²) < 4.78 is 6.04. The number of likely N-dealkylation sites (N-methyl/N-ethyl adjacent to an activating group) is 1. The van der Waals surface area contributed by atoms with Gasteiger partial charge in [0, 0.05) is 18.4 Å². The Balaban J connectivity index is 3.17. The SMILES string of the molecule is CCOC(CC)(CC)C(NC)c1cccnc1N. The minimum absolute atomic E-state index is 0.0566. The second kappa shape index (κ2) is 6.71. The summed E-state index contributed by atoms with van der Waals surface area (Å²) in [6, 6.07) is 3.99. The molecule has 0 bridgehead atoms. The number of nitrogens with zero attached hydrogens (tertiary/aromatic N) is 1. The number of ether oxygens (including phenoxy) is 1. The molecular formula is C14H25N3O. The van der Waals surface area contributed by atoms with Gasteiger partial charge in [-0.15, -0.1) is 0 Å². The molecule has 4 heteroatoms. The molecule has 102 valence electrons.